The number of para-hydroxylation sites is 2. The van der Waals surface area contributed by atoms with Gasteiger partial charge in [0.15, 0.2) is 0 Å². The average molecular weight is 403 g/mol. The molecule has 1 N–H and O–H groups in total. The summed E-state index contributed by atoms with van der Waals surface area (Å²) in [5.41, 5.74) is 3.26. The Bertz CT molecular complexity index is 957. The van der Waals surface area contributed by atoms with E-state index in [2.05, 4.69) is 4.72 Å². The second-order valence-corrected chi connectivity index (χ2v) is 9.12. The van der Waals surface area contributed by atoms with Crippen LogP contribution in [0.2, 0.25) is 0 Å². The molecule has 0 radical (unpaired) electrons. The first-order valence-electron chi connectivity index (χ1n) is 9.43. The Kier molecular flexibility index (Phi) is 5.65. The molecule has 0 unspecified atom stereocenters. The van der Waals surface area contributed by atoms with Crippen LogP contribution in [0.1, 0.15) is 56.2 Å². The van der Waals surface area contributed by atoms with E-state index < -0.39 is 16.3 Å². The van der Waals surface area contributed by atoms with Crippen molar-refractivity contribution < 1.29 is 17.9 Å². The summed E-state index contributed by atoms with van der Waals surface area (Å²) in [5.74, 6) is 0.689. The first-order valence-corrected chi connectivity index (χ1v) is 10.9. The normalized spacial score (nSPS) is 13.7. The van der Waals surface area contributed by atoms with Gasteiger partial charge in [-0.05, 0) is 41.0 Å². The zero-order valence-electron chi connectivity index (χ0n) is 16.6. The van der Waals surface area contributed by atoms with E-state index in [9.17, 15) is 13.2 Å². The van der Waals surface area contributed by atoms with Gasteiger partial charge in [-0.25, -0.2) is 9.52 Å². The zero-order chi connectivity index (χ0) is 20.5. The molecule has 1 aliphatic heterocycles. The highest BCUT2D eigenvalue weighted by molar-refractivity contribution is 7.91. The molecule has 2 aromatic carbocycles. The molecule has 0 bridgehead atoms. The Balaban J connectivity index is 1.83. The summed E-state index contributed by atoms with van der Waals surface area (Å²) in [6, 6.07) is 13.0. The maximum atomic E-state index is 12.7. The van der Waals surface area contributed by atoms with Crippen LogP contribution in [-0.4, -0.2) is 21.1 Å². The van der Waals surface area contributed by atoms with E-state index in [1.165, 1.54) is 4.31 Å². The third-order valence-corrected chi connectivity index (χ3v) is 6.25. The van der Waals surface area contributed by atoms with Crippen molar-refractivity contribution in [1.82, 2.24) is 4.72 Å². The molecule has 0 spiro atoms. The number of anilines is 1. The minimum atomic E-state index is -4.05. The molecule has 150 valence electrons. The van der Waals surface area contributed by atoms with Crippen LogP contribution in [0.25, 0.3) is 0 Å². The predicted octanol–water partition coefficient (Wildman–Crippen LogP) is 4.33. The highest BCUT2D eigenvalue weighted by Gasteiger charge is 2.31. The number of carbonyl (C=O) groups excluding carboxylic acids is 1. The lowest BCUT2D eigenvalue weighted by molar-refractivity contribution is 0.205. The molecule has 28 heavy (non-hydrogen) atoms. The second kappa shape index (κ2) is 7.83. The molecule has 0 saturated carbocycles. The SMILES string of the molecule is CC(C)c1cccc(C(C)C)c1OC(=O)NS(=O)(=O)N1CCc2ccccc21. The van der Waals surface area contributed by atoms with Gasteiger partial charge in [-0.2, -0.15) is 8.42 Å². The quantitative estimate of drug-likeness (QED) is 0.808. The number of nitrogens with one attached hydrogen (secondary N) is 1. The first-order chi connectivity index (χ1) is 13.2. The standard InChI is InChI=1S/C21H26N2O4S/c1-14(2)17-9-7-10-18(15(3)4)20(17)27-21(24)22-28(25,26)23-13-12-16-8-5-6-11-19(16)23/h5-11,14-15H,12-13H2,1-4H3,(H,22,24). The highest BCUT2D eigenvalue weighted by atomic mass is 32.2. The lowest BCUT2D eigenvalue weighted by atomic mass is 9.94. The Morgan fingerprint density at radius 2 is 1.61 bits per heavy atom. The van der Waals surface area contributed by atoms with Crippen LogP contribution in [-0.2, 0) is 16.6 Å². The van der Waals surface area contributed by atoms with E-state index in [1.807, 2.05) is 58.0 Å². The van der Waals surface area contributed by atoms with Crippen LogP contribution in [0, 0.1) is 0 Å². The van der Waals surface area contributed by atoms with Gasteiger partial charge in [0.05, 0.1) is 5.69 Å². The number of hydrogen-bond acceptors (Lipinski definition) is 4. The molecule has 1 amide bonds. The maximum absolute atomic E-state index is 12.7. The lowest BCUT2D eigenvalue weighted by Gasteiger charge is -2.21. The Labute approximate surface area is 166 Å². The molecule has 3 rings (SSSR count). The monoisotopic (exact) mass is 402 g/mol. The van der Waals surface area contributed by atoms with Crippen molar-refractivity contribution in [2.24, 2.45) is 0 Å². The van der Waals surface area contributed by atoms with Gasteiger partial charge in [-0.1, -0.05) is 64.1 Å². The van der Waals surface area contributed by atoms with Gasteiger partial charge >= 0.3 is 16.3 Å². The van der Waals surface area contributed by atoms with E-state index in [1.54, 1.807) is 12.1 Å². The second-order valence-electron chi connectivity index (χ2n) is 7.52. The summed E-state index contributed by atoms with van der Waals surface area (Å²) in [5, 5.41) is 0. The summed E-state index contributed by atoms with van der Waals surface area (Å²) in [7, 11) is -4.05. The fourth-order valence-corrected chi connectivity index (χ4v) is 4.56. The molecular weight excluding hydrogens is 376 g/mol. The van der Waals surface area contributed by atoms with Gasteiger partial charge in [0.2, 0.25) is 0 Å². The molecule has 1 heterocycles. The maximum Gasteiger partial charge on any atom is 0.427 e. The van der Waals surface area contributed by atoms with Crippen LogP contribution in [0.15, 0.2) is 42.5 Å². The van der Waals surface area contributed by atoms with Crippen molar-refractivity contribution in [3.8, 4) is 5.75 Å². The molecule has 6 nitrogen and oxygen atoms in total. The molecule has 1 aliphatic rings. The number of ether oxygens (including phenoxy) is 1. The molecule has 7 heteroatoms. The van der Waals surface area contributed by atoms with E-state index in [-0.39, 0.29) is 11.8 Å². The van der Waals surface area contributed by atoms with E-state index in [0.29, 0.717) is 24.4 Å². The summed E-state index contributed by atoms with van der Waals surface area (Å²) in [6.07, 6.45) is -0.390. The van der Waals surface area contributed by atoms with Crippen molar-refractivity contribution in [1.29, 1.82) is 0 Å². The van der Waals surface area contributed by atoms with Crippen LogP contribution >= 0.6 is 0 Å². The fraction of sp³-hybridized carbons (Fsp3) is 0.381. The van der Waals surface area contributed by atoms with Gasteiger partial charge in [-0.15, -0.1) is 0 Å². The van der Waals surface area contributed by atoms with Crippen molar-refractivity contribution in [2.45, 2.75) is 46.0 Å². The predicted molar refractivity (Wildman–Crippen MR) is 110 cm³/mol. The topological polar surface area (TPSA) is 75.7 Å². The van der Waals surface area contributed by atoms with Crippen molar-refractivity contribution >= 4 is 22.0 Å². The Morgan fingerprint density at radius 3 is 2.21 bits per heavy atom. The molecular formula is C21H26N2O4S. The van der Waals surface area contributed by atoms with Crippen molar-refractivity contribution in [3.63, 3.8) is 0 Å². The highest BCUT2D eigenvalue weighted by Crippen LogP contribution is 2.35. The van der Waals surface area contributed by atoms with E-state index >= 15 is 0 Å². The number of rotatable bonds is 5. The largest absolute Gasteiger partial charge is 0.427 e. The summed E-state index contributed by atoms with van der Waals surface area (Å²) < 4.78 is 34.3. The van der Waals surface area contributed by atoms with E-state index in [4.69, 9.17) is 4.74 Å². The summed E-state index contributed by atoms with van der Waals surface area (Å²) in [6.45, 7) is 8.30. The molecule has 0 fully saturated rings. The van der Waals surface area contributed by atoms with Crippen molar-refractivity contribution in [2.75, 3.05) is 10.8 Å². The van der Waals surface area contributed by atoms with Gasteiger partial charge in [0.1, 0.15) is 5.75 Å². The number of carbonyl (C=O) groups is 1. The number of fused-ring (bicyclic) bond motifs is 1. The third-order valence-electron chi connectivity index (χ3n) is 4.86. The number of hydrogen-bond donors (Lipinski definition) is 1. The van der Waals surface area contributed by atoms with Crippen LogP contribution < -0.4 is 13.8 Å². The minimum Gasteiger partial charge on any atom is -0.409 e. The molecule has 0 saturated heterocycles. The molecule has 2 aromatic rings. The van der Waals surface area contributed by atoms with Crippen LogP contribution in [0.3, 0.4) is 0 Å². The first kappa shape index (κ1) is 20.2. The number of benzene rings is 2. The van der Waals surface area contributed by atoms with Gasteiger partial charge in [-0.3, -0.25) is 4.31 Å². The smallest absolute Gasteiger partial charge is 0.409 e. The summed E-state index contributed by atoms with van der Waals surface area (Å²) >= 11 is 0. The number of nitrogens with zero attached hydrogens (tertiary/aromatic N) is 1. The van der Waals surface area contributed by atoms with Crippen LogP contribution in [0.5, 0.6) is 5.75 Å². The Hall–Kier alpha value is -2.54. The van der Waals surface area contributed by atoms with E-state index in [0.717, 1.165) is 16.7 Å². The minimum absolute atomic E-state index is 0.128. The molecule has 0 aromatic heterocycles. The zero-order valence-corrected chi connectivity index (χ0v) is 17.4. The fourth-order valence-electron chi connectivity index (χ4n) is 3.43. The molecule has 0 aliphatic carbocycles. The average Bonchev–Trinajstić information content (AvgIpc) is 3.06. The van der Waals surface area contributed by atoms with Gasteiger partial charge in [0.25, 0.3) is 0 Å². The van der Waals surface area contributed by atoms with Gasteiger partial charge < -0.3 is 4.74 Å². The van der Waals surface area contributed by atoms with Crippen LogP contribution in [0.4, 0.5) is 10.5 Å². The lowest BCUT2D eigenvalue weighted by Crippen LogP contribution is -2.44. The Morgan fingerprint density at radius 1 is 1.00 bits per heavy atom. The third kappa shape index (κ3) is 3.99. The van der Waals surface area contributed by atoms with Crippen molar-refractivity contribution in [3.05, 3.63) is 59.2 Å². The van der Waals surface area contributed by atoms with Gasteiger partial charge in [0, 0.05) is 6.54 Å². The summed E-state index contributed by atoms with van der Waals surface area (Å²) in [4.78, 5) is 12.5. The number of amides is 1. The molecule has 0 atom stereocenters.